The first kappa shape index (κ1) is 11.1. The summed E-state index contributed by atoms with van der Waals surface area (Å²) in [5.74, 6) is 0.719. The van der Waals surface area contributed by atoms with Crippen LogP contribution in [-0.4, -0.2) is 24.0 Å². The number of likely N-dealkylation sites (tertiary alicyclic amines) is 1. The van der Waals surface area contributed by atoms with Gasteiger partial charge in [0.2, 0.25) is 0 Å². The van der Waals surface area contributed by atoms with Crippen LogP contribution in [0.4, 0.5) is 0 Å². The predicted molar refractivity (Wildman–Crippen MR) is 66.1 cm³/mol. The van der Waals surface area contributed by atoms with Gasteiger partial charge in [0.05, 0.1) is 6.04 Å². The Morgan fingerprint density at radius 3 is 3.00 bits per heavy atom. The zero-order chi connectivity index (χ0) is 10.8. The number of thiophene rings is 1. The van der Waals surface area contributed by atoms with Gasteiger partial charge in [-0.15, -0.1) is 0 Å². The molecule has 3 heteroatoms. The summed E-state index contributed by atoms with van der Waals surface area (Å²) in [7, 11) is 0. The van der Waals surface area contributed by atoms with E-state index < -0.39 is 0 Å². The number of nitrogens with two attached hydrogens (primary N) is 1. The Morgan fingerprint density at radius 1 is 1.60 bits per heavy atom. The van der Waals surface area contributed by atoms with Crippen molar-refractivity contribution in [2.45, 2.75) is 32.4 Å². The molecular formula is C12H20N2S. The van der Waals surface area contributed by atoms with Crippen LogP contribution in [0, 0.1) is 5.92 Å². The molecular weight excluding hydrogens is 204 g/mol. The van der Waals surface area contributed by atoms with E-state index in [0.717, 1.165) is 25.4 Å². The lowest BCUT2D eigenvalue weighted by molar-refractivity contribution is 0.221. The third kappa shape index (κ3) is 2.41. The zero-order valence-electron chi connectivity index (χ0n) is 9.52. The quantitative estimate of drug-likeness (QED) is 0.854. The average molecular weight is 224 g/mol. The molecule has 2 heterocycles. The monoisotopic (exact) mass is 224 g/mol. The van der Waals surface area contributed by atoms with E-state index in [1.165, 1.54) is 5.56 Å². The highest BCUT2D eigenvalue weighted by atomic mass is 32.1. The Kier molecular flexibility index (Phi) is 3.44. The average Bonchev–Trinajstić information content (AvgIpc) is 2.74. The first-order valence-corrected chi connectivity index (χ1v) is 6.64. The second-order valence-electron chi connectivity index (χ2n) is 4.84. The normalized spacial score (nSPS) is 27.7. The van der Waals surface area contributed by atoms with Crippen LogP contribution in [0.25, 0.3) is 0 Å². The van der Waals surface area contributed by atoms with E-state index in [1.54, 1.807) is 11.3 Å². The van der Waals surface area contributed by atoms with E-state index in [1.807, 2.05) is 0 Å². The van der Waals surface area contributed by atoms with E-state index in [-0.39, 0.29) is 0 Å². The fourth-order valence-electron chi connectivity index (χ4n) is 2.46. The fraction of sp³-hybridized carbons (Fsp3) is 0.667. The van der Waals surface area contributed by atoms with Crippen LogP contribution in [0.15, 0.2) is 16.8 Å². The van der Waals surface area contributed by atoms with Crippen LogP contribution in [0.5, 0.6) is 0 Å². The van der Waals surface area contributed by atoms with Gasteiger partial charge in [0.25, 0.3) is 0 Å². The molecule has 15 heavy (non-hydrogen) atoms. The van der Waals surface area contributed by atoms with Crippen LogP contribution in [0.1, 0.15) is 31.9 Å². The summed E-state index contributed by atoms with van der Waals surface area (Å²) >= 11 is 1.77. The summed E-state index contributed by atoms with van der Waals surface area (Å²) in [6, 6.07) is 2.99. The maximum atomic E-state index is 6.20. The predicted octanol–water partition coefficient (Wildman–Crippen LogP) is 2.48. The van der Waals surface area contributed by atoms with Gasteiger partial charge in [-0.2, -0.15) is 11.3 Å². The Balaban J connectivity index is 2.12. The fourth-order valence-corrected chi connectivity index (χ4v) is 3.15. The van der Waals surface area contributed by atoms with Crippen molar-refractivity contribution in [3.05, 3.63) is 22.4 Å². The van der Waals surface area contributed by atoms with Gasteiger partial charge in [-0.05, 0) is 34.7 Å². The van der Waals surface area contributed by atoms with Crippen LogP contribution < -0.4 is 5.73 Å². The Morgan fingerprint density at radius 2 is 2.40 bits per heavy atom. The molecule has 0 spiro atoms. The van der Waals surface area contributed by atoms with E-state index in [0.29, 0.717) is 12.1 Å². The van der Waals surface area contributed by atoms with Crippen molar-refractivity contribution in [2.24, 2.45) is 11.7 Å². The Bertz CT molecular complexity index is 295. The lowest BCUT2D eigenvalue weighted by Gasteiger charge is -2.27. The van der Waals surface area contributed by atoms with E-state index >= 15 is 0 Å². The van der Waals surface area contributed by atoms with Crippen molar-refractivity contribution in [3.8, 4) is 0 Å². The van der Waals surface area contributed by atoms with Gasteiger partial charge in [0.15, 0.2) is 0 Å². The van der Waals surface area contributed by atoms with E-state index in [9.17, 15) is 0 Å². The molecule has 0 radical (unpaired) electrons. The maximum Gasteiger partial charge on any atom is 0.0507 e. The molecule has 1 fully saturated rings. The van der Waals surface area contributed by atoms with E-state index in [2.05, 4.69) is 35.6 Å². The molecule has 2 N–H and O–H groups in total. The van der Waals surface area contributed by atoms with Crippen molar-refractivity contribution in [3.63, 3.8) is 0 Å². The molecule has 2 atom stereocenters. The number of nitrogens with zero attached hydrogens (tertiary/aromatic N) is 1. The van der Waals surface area contributed by atoms with Crippen molar-refractivity contribution in [1.29, 1.82) is 0 Å². The highest BCUT2D eigenvalue weighted by Crippen LogP contribution is 2.32. The number of rotatable bonds is 3. The minimum Gasteiger partial charge on any atom is -0.326 e. The van der Waals surface area contributed by atoms with Gasteiger partial charge < -0.3 is 5.73 Å². The van der Waals surface area contributed by atoms with Crippen molar-refractivity contribution in [1.82, 2.24) is 4.90 Å². The molecule has 1 aliphatic rings. The number of hydrogen-bond donors (Lipinski definition) is 1. The molecule has 0 aliphatic carbocycles. The summed E-state index contributed by atoms with van der Waals surface area (Å²) in [5.41, 5.74) is 7.61. The topological polar surface area (TPSA) is 29.3 Å². The van der Waals surface area contributed by atoms with Gasteiger partial charge in [0.1, 0.15) is 0 Å². The second-order valence-corrected chi connectivity index (χ2v) is 5.62. The smallest absolute Gasteiger partial charge is 0.0507 e. The minimum absolute atomic E-state index is 0.318. The maximum absolute atomic E-state index is 6.20. The summed E-state index contributed by atoms with van der Waals surface area (Å²) in [6.07, 6.45) is 1.13. The third-order valence-corrected chi connectivity index (χ3v) is 3.73. The van der Waals surface area contributed by atoms with Crippen molar-refractivity contribution >= 4 is 11.3 Å². The van der Waals surface area contributed by atoms with E-state index in [4.69, 9.17) is 5.73 Å². The first-order valence-electron chi connectivity index (χ1n) is 5.70. The Labute approximate surface area is 96.1 Å². The highest BCUT2D eigenvalue weighted by molar-refractivity contribution is 7.07. The lowest BCUT2D eigenvalue weighted by Crippen LogP contribution is -2.33. The molecule has 1 aliphatic heterocycles. The zero-order valence-corrected chi connectivity index (χ0v) is 10.3. The number of hydrogen-bond acceptors (Lipinski definition) is 3. The molecule has 0 aromatic carbocycles. The van der Waals surface area contributed by atoms with Gasteiger partial charge in [-0.1, -0.05) is 13.8 Å². The molecule has 1 aromatic heterocycles. The summed E-state index contributed by atoms with van der Waals surface area (Å²) in [6.45, 7) is 6.86. The molecule has 2 rings (SSSR count). The lowest BCUT2D eigenvalue weighted by atomic mass is 10.0. The van der Waals surface area contributed by atoms with Crippen LogP contribution in [-0.2, 0) is 0 Å². The summed E-state index contributed by atoms with van der Waals surface area (Å²) < 4.78 is 0. The van der Waals surface area contributed by atoms with Crippen molar-refractivity contribution in [2.75, 3.05) is 13.1 Å². The molecule has 2 unspecified atom stereocenters. The summed E-state index contributed by atoms with van der Waals surface area (Å²) in [4.78, 5) is 2.54. The van der Waals surface area contributed by atoms with Gasteiger partial charge in [0, 0.05) is 19.1 Å². The molecule has 2 nitrogen and oxygen atoms in total. The molecule has 0 amide bonds. The van der Waals surface area contributed by atoms with Crippen LogP contribution in [0.2, 0.25) is 0 Å². The molecule has 1 aromatic rings. The SMILES string of the molecule is CC(C)CN1CCC(N)C1c1ccsc1. The minimum atomic E-state index is 0.318. The second kappa shape index (κ2) is 4.64. The molecule has 84 valence electrons. The Hall–Kier alpha value is -0.380. The molecule has 0 bridgehead atoms. The molecule has 0 saturated carbocycles. The standard InChI is InChI=1S/C12H20N2S/c1-9(2)7-14-5-3-11(13)12(14)10-4-6-15-8-10/h4,6,8-9,11-12H,3,5,7,13H2,1-2H3. The van der Waals surface area contributed by atoms with Crippen molar-refractivity contribution < 1.29 is 0 Å². The summed E-state index contributed by atoms with van der Waals surface area (Å²) in [5, 5.41) is 4.39. The van der Waals surface area contributed by atoms with Crippen LogP contribution >= 0.6 is 11.3 Å². The van der Waals surface area contributed by atoms with Gasteiger partial charge in [-0.3, -0.25) is 4.90 Å². The third-order valence-electron chi connectivity index (χ3n) is 3.03. The van der Waals surface area contributed by atoms with Gasteiger partial charge in [-0.25, -0.2) is 0 Å². The van der Waals surface area contributed by atoms with Crippen LogP contribution in [0.3, 0.4) is 0 Å². The molecule has 1 saturated heterocycles. The highest BCUT2D eigenvalue weighted by Gasteiger charge is 2.32. The largest absolute Gasteiger partial charge is 0.326 e. The first-order chi connectivity index (χ1) is 7.18. The van der Waals surface area contributed by atoms with Gasteiger partial charge >= 0.3 is 0 Å².